The summed E-state index contributed by atoms with van der Waals surface area (Å²) in [5, 5.41) is 6.66. The molecule has 2 aromatic carbocycles. The van der Waals surface area contributed by atoms with Gasteiger partial charge in [-0.2, -0.15) is 12.7 Å². The van der Waals surface area contributed by atoms with E-state index in [2.05, 4.69) is 37.9 Å². The topological polar surface area (TPSA) is 73.5 Å². The number of halogens is 4. The van der Waals surface area contributed by atoms with Crippen LogP contribution in [0.15, 0.2) is 30.3 Å². The van der Waals surface area contributed by atoms with Gasteiger partial charge in [-0.05, 0) is 78.6 Å². The van der Waals surface area contributed by atoms with Crippen molar-refractivity contribution in [2.45, 2.75) is 44.2 Å². The first-order valence-corrected chi connectivity index (χ1v) is 13.4. The van der Waals surface area contributed by atoms with Crippen LogP contribution in [0.5, 0.6) is 0 Å². The minimum atomic E-state index is -4.00. The molecule has 11 heteroatoms. The van der Waals surface area contributed by atoms with E-state index in [1.807, 2.05) is 0 Å². The molecule has 1 saturated heterocycles. The molecule has 2 fully saturated rings. The fraction of sp³-hybridized carbons (Fsp3) is 0.429. The molecule has 0 atom stereocenters. The molecule has 0 spiro atoms. The predicted octanol–water partition coefficient (Wildman–Crippen LogP) is 5.23. The van der Waals surface area contributed by atoms with Gasteiger partial charge in [0.25, 0.3) is 0 Å². The minimum Gasteiger partial charge on any atom is -0.352 e. The molecule has 0 amide bonds. The second kappa shape index (κ2) is 9.96. The summed E-state index contributed by atoms with van der Waals surface area (Å²) in [4.78, 5) is 0. The van der Waals surface area contributed by atoms with E-state index in [9.17, 15) is 17.2 Å². The lowest BCUT2D eigenvalue weighted by Gasteiger charge is -2.36. The highest BCUT2D eigenvalue weighted by Crippen LogP contribution is 2.31. The number of nitrogens with one attached hydrogen (secondary N) is 3. The van der Waals surface area contributed by atoms with Gasteiger partial charge in [0, 0.05) is 28.7 Å². The molecule has 2 aromatic rings. The van der Waals surface area contributed by atoms with Crippen LogP contribution in [0.2, 0.25) is 5.02 Å². The molecule has 1 heterocycles. The SMILES string of the molecule is O=S(=O)(Nc1ccc(Nc2ccc(I)cc2Cl)c(F)c1F)N1CCC(NC2CCC2)CC1. The number of piperidine rings is 1. The summed E-state index contributed by atoms with van der Waals surface area (Å²) in [7, 11) is -4.00. The first-order chi connectivity index (χ1) is 15.2. The molecular weight excluding hydrogens is 573 g/mol. The maximum absolute atomic E-state index is 14.7. The summed E-state index contributed by atoms with van der Waals surface area (Å²) < 4.78 is 59.2. The highest BCUT2D eigenvalue weighted by Gasteiger charge is 2.31. The van der Waals surface area contributed by atoms with Crippen molar-refractivity contribution in [3.63, 3.8) is 0 Å². The summed E-state index contributed by atoms with van der Waals surface area (Å²) in [6, 6.07) is 8.42. The Balaban J connectivity index is 1.41. The van der Waals surface area contributed by atoms with Crippen LogP contribution in [0.3, 0.4) is 0 Å². The molecule has 174 valence electrons. The average molecular weight is 597 g/mol. The van der Waals surface area contributed by atoms with Gasteiger partial charge in [0.2, 0.25) is 0 Å². The van der Waals surface area contributed by atoms with E-state index in [0.717, 1.165) is 3.57 Å². The lowest BCUT2D eigenvalue weighted by atomic mass is 9.91. The van der Waals surface area contributed by atoms with Crippen molar-refractivity contribution < 1.29 is 17.2 Å². The van der Waals surface area contributed by atoms with Crippen molar-refractivity contribution in [1.82, 2.24) is 9.62 Å². The van der Waals surface area contributed by atoms with Crippen LogP contribution in [-0.4, -0.2) is 37.9 Å². The molecule has 1 aliphatic carbocycles. The lowest BCUT2D eigenvalue weighted by molar-refractivity contribution is 0.237. The van der Waals surface area contributed by atoms with E-state index in [1.165, 1.54) is 35.7 Å². The summed E-state index contributed by atoms with van der Waals surface area (Å²) >= 11 is 8.23. The molecular formula is C21H24ClF2IN4O2S. The van der Waals surface area contributed by atoms with E-state index in [0.29, 0.717) is 48.7 Å². The van der Waals surface area contributed by atoms with Gasteiger partial charge >= 0.3 is 10.2 Å². The van der Waals surface area contributed by atoms with Gasteiger partial charge in [-0.25, -0.2) is 8.78 Å². The van der Waals surface area contributed by atoms with Gasteiger partial charge in [0.05, 0.1) is 22.1 Å². The van der Waals surface area contributed by atoms with Gasteiger partial charge < -0.3 is 10.6 Å². The third-order valence-corrected chi connectivity index (χ3v) is 8.40. The van der Waals surface area contributed by atoms with Crippen LogP contribution in [0, 0.1) is 15.2 Å². The van der Waals surface area contributed by atoms with Crippen LogP contribution in [0.25, 0.3) is 0 Å². The third-order valence-electron chi connectivity index (χ3n) is 5.89. The zero-order chi connectivity index (χ0) is 22.9. The minimum absolute atomic E-state index is 0.142. The largest absolute Gasteiger partial charge is 0.352 e. The Morgan fingerprint density at radius 3 is 2.16 bits per heavy atom. The van der Waals surface area contributed by atoms with Crippen molar-refractivity contribution in [3.8, 4) is 0 Å². The molecule has 2 aliphatic rings. The van der Waals surface area contributed by atoms with Crippen molar-refractivity contribution in [2.75, 3.05) is 23.1 Å². The van der Waals surface area contributed by atoms with E-state index in [1.54, 1.807) is 18.2 Å². The number of hydrogen-bond acceptors (Lipinski definition) is 4. The van der Waals surface area contributed by atoms with Crippen LogP contribution >= 0.6 is 34.2 Å². The van der Waals surface area contributed by atoms with Crippen molar-refractivity contribution in [3.05, 3.63) is 50.6 Å². The Labute approximate surface area is 205 Å². The highest BCUT2D eigenvalue weighted by molar-refractivity contribution is 14.1. The molecule has 4 rings (SSSR count). The standard InChI is InChI=1S/C21H24ClF2IN4O2S/c22-16-12-13(25)4-5-17(16)27-18-6-7-19(21(24)20(18)23)28-32(30,31)29-10-8-15(9-11-29)26-14-2-1-3-14/h4-7,12,14-15,26-28H,1-3,8-11H2. The Kier molecular flexibility index (Phi) is 7.45. The lowest BCUT2D eigenvalue weighted by Crippen LogP contribution is -2.50. The Bertz CT molecular complexity index is 1090. The van der Waals surface area contributed by atoms with E-state index in [-0.39, 0.29) is 5.69 Å². The van der Waals surface area contributed by atoms with Gasteiger partial charge in [-0.15, -0.1) is 0 Å². The van der Waals surface area contributed by atoms with Crippen molar-refractivity contribution in [2.24, 2.45) is 0 Å². The second-order valence-corrected chi connectivity index (χ2v) is 11.4. The average Bonchev–Trinajstić information content (AvgIpc) is 2.72. The first-order valence-electron chi connectivity index (χ1n) is 10.5. The molecule has 0 bridgehead atoms. The maximum Gasteiger partial charge on any atom is 0.301 e. The number of hydrogen-bond donors (Lipinski definition) is 3. The first kappa shape index (κ1) is 23.9. The molecule has 1 saturated carbocycles. The number of benzene rings is 2. The smallest absolute Gasteiger partial charge is 0.301 e. The quantitative estimate of drug-likeness (QED) is 0.383. The molecule has 1 aliphatic heterocycles. The van der Waals surface area contributed by atoms with E-state index >= 15 is 0 Å². The maximum atomic E-state index is 14.7. The molecule has 0 aromatic heterocycles. The predicted molar refractivity (Wildman–Crippen MR) is 132 cm³/mol. The van der Waals surface area contributed by atoms with Crippen LogP contribution < -0.4 is 15.4 Å². The Hall–Kier alpha value is -1.21. The zero-order valence-corrected chi connectivity index (χ0v) is 20.9. The summed E-state index contributed by atoms with van der Waals surface area (Å²) in [6.07, 6.45) is 4.96. The van der Waals surface area contributed by atoms with E-state index < -0.39 is 27.5 Å². The van der Waals surface area contributed by atoms with Crippen LogP contribution in [-0.2, 0) is 10.2 Å². The Morgan fingerprint density at radius 2 is 1.53 bits per heavy atom. The van der Waals surface area contributed by atoms with Gasteiger partial charge in [-0.1, -0.05) is 18.0 Å². The summed E-state index contributed by atoms with van der Waals surface area (Å²) in [6.45, 7) is 0.656. The highest BCUT2D eigenvalue weighted by atomic mass is 127. The Morgan fingerprint density at radius 1 is 0.938 bits per heavy atom. The second-order valence-electron chi connectivity index (χ2n) is 8.11. The molecule has 0 unspecified atom stereocenters. The zero-order valence-electron chi connectivity index (χ0n) is 17.2. The number of anilines is 3. The van der Waals surface area contributed by atoms with E-state index in [4.69, 9.17) is 11.6 Å². The fourth-order valence-corrected chi connectivity index (χ4v) is 5.99. The van der Waals surface area contributed by atoms with Crippen molar-refractivity contribution in [1.29, 1.82) is 0 Å². The molecule has 32 heavy (non-hydrogen) atoms. The van der Waals surface area contributed by atoms with Gasteiger partial charge in [-0.3, -0.25) is 4.72 Å². The van der Waals surface area contributed by atoms with Crippen LogP contribution in [0.1, 0.15) is 32.1 Å². The number of rotatable bonds is 7. The molecule has 6 nitrogen and oxygen atoms in total. The normalized spacial score (nSPS) is 18.4. The van der Waals surface area contributed by atoms with Crippen LogP contribution in [0.4, 0.5) is 25.8 Å². The summed E-state index contributed by atoms with van der Waals surface area (Å²) in [5.41, 5.74) is -0.162. The van der Waals surface area contributed by atoms with Gasteiger partial charge in [0.1, 0.15) is 0 Å². The third kappa shape index (κ3) is 5.46. The number of nitrogens with zero attached hydrogens (tertiary/aromatic N) is 1. The van der Waals surface area contributed by atoms with Gasteiger partial charge in [0.15, 0.2) is 11.6 Å². The van der Waals surface area contributed by atoms with Crippen molar-refractivity contribution >= 4 is 61.5 Å². The molecule has 3 N–H and O–H groups in total. The fourth-order valence-electron chi connectivity index (χ4n) is 3.84. The summed E-state index contributed by atoms with van der Waals surface area (Å²) in [5.74, 6) is -2.47. The monoisotopic (exact) mass is 596 g/mol. The molecule has 0 radical (unpaired) electrons.